The van der Waals surface area contributed by atoms with Crippen LogP contribution in [0.2, 0.25) is 0 Å². The summed E-state index contributed by atoms with van der Waals surface area (Å²) in [5.41, 5.74) is 16.0. The first kappa shape index (κ1) is 33.5. The Bertz CT molecular complexity index is 816. The number of anilines is 1. The number of aliphatic carboxylic acids is 1. The van der Waals surface area contributed by atoms with Crippen molar-refractivity contribution in [2.45, 2.75) is 122 Å². The number of guanidine groups is 1. The van der Waals surface area contributed by atoms with E-state index in [2.05, 4.69) is 17.2 Å². The molecule has 0 saturated carbocycles. The number of unbranched alkanes of at least 4 members (excludes halogenated alkanes) is 11. The molecule has 1 rings (SSSR count). The minimum atomic E-state index is -1.67. The van der Waals surface area contributed by atoms with Crippen LogP contribution < -0.4 is 27.3 Å². The van der Waals surface area contributed by atoms with E-state index in [1.54, 1.807) is 25.1 Å². The van der Waals surface area contributed by atoms with E-state index in [1.807, 2.05) is 0 Å². The Labute approximate surface area is 229 Å². The lowest BCUT2D eigenvalue weighted by atomic mass is 9.95. The van der Waals surface area contributed by atoms with Crippen molar-refractivity contribution in [2.75, 3.05) is 18.9 Å². The monoisotopic (exact) mass is 535 g/mol. The molecule has 1 unspecified atom stereocenters. The molecule has 0 saturated heterocycles. The highest BCUT2D eigenvalue weighted by Crippen LogP contribution is 2.36. The van der Waals surface area contributed by atoms with Crippen molar-refractivity contribution in [1.82, 2.24) is 5.32 Å². The Morgan fingerprint density at radius 3 is 2.08 bits per heavy atom. The number of aliphatic hydroxyl groups is 1. The summed E-state index contributed by atoms with van der Waals surface area (Å²) in [5.74, 6) is -0.647. The lowest BCUT2D eigenvalue weighted by Crippen LogP contribution is -2.51. The van der Waals surface area contributed by atoms with E-state index >= 15 is 0 Å². The highest BCUT2D eigenvalue weighted by Gasteiger charge is 2.36. The molecule has 0 aliphatic heterocycles. The number of ether oxygens (including phenoxy) is 1. The molecule has 0 bridgehead atoms. The van der Waals surface area contributed by atoms with Gasteiger partial charge in [0, 0.05) is 12.2 Å². The molecule has 9 N–H and O–H groups in total. The molecule has 2 atom stereocenters. The number of benzene rings is 1. The molecule has 0 aliphatic rings. The summed E-state index contributed by atoms with van der Waals surface area (Å²) < 4.78 is 6.05. The standard InChI is InChI=1S/C29H53N5O4/c1-3-5-6-7-8-9-10-11-12-13-14-15-22-38-25-20-16-18-23(30)26(25)29(37,4-2)34-24(27(35)36)19-17-21-33-28(31)32/h16,18,20,24,34,37H,3-15,17,19,21-22,30H2,1-2H3,(H,35,36)(H4,31,32,33)/t24-,29?/m0/s1. The van der Waals surface area contributed by atoms with Gasteiger partial charge in [-0.1, -0.05) is 90.5 Å². The minimum Gasteiger partial charge on any atom is -0.493 e. The normalized spacial score (nSPS) is 13.6. The number of aliphatic imine (C=N–C) groups is 1. The average molecular weight is 536 g/mol. The van der Waals surface area contributed by atoms with Gasteiger partial charge in [-0.3, -0.25) is 15.1 Å². The van der Waals surface area contributed by atoms with Gasteiger partial charge in [0.15, 0.2) is 5.96 Å². The van der Waals surface area contributed by atoms with E-state index in [-0.39, 0.29) is 18.8 Å². The van der Waals surface area contributed by atoms with Crippen LogP contribution in [-0.2, 0) is 10.5 Å². The molecular formula is C29H53N5O4. The molecule has 9 heteroatoms. The van der Waals surface area contributed by atoms with Crippen LogP contribution in [-0.4, -0.2) is 41.3 Å². The smallest absolute Gasteiger partial charge is 0.320 e. The maximum atomic E-state index is 11.9. The van der Waals surface area contributed by atoms with Gasteiger partial charge in [-0.05, 0) is 37.8 Å². The summed E-state index contributed by atoms with van der Waals surface area (Å²) in [7, 11) is 0. The predicted octanol–water partition coefficient (Wildman–Crippen LogP) is 5.00. The molecule has 0 fully saturated rings. The molecular weight excluding hydrogens is 482 g/mol. The lowest BCUT2D eigenvalue weighted by Gasteiger charge is -2.34. The summed E-state index contributed by atoms with van der Waals surface area (Å²) in [6.45, 7) is 4.83. The summed E-state index contributed by atoms with van der Waals surface area (Å²) in [5, 5.41) is 24.2. The Morgan fingerprint density at radius 2 is 1.55 bits per heavy atom. The van der Waals surface area contributed by atoms with E-state index in [0.717, 1.165) is 12.8 Å². The number of hydrogen-bond donors (Lipinski definition) is 6. The summed E-state index contributed by atoms with van der Waals surface area (Å²) in [4.78, 5) is 15.8. The van der Waals surface area contributed by atoms with Gasteiger partial charge in [-0.2, -0.15) is 0 Å². The Kier molecular flexibility index (Phi) is 17.2. The number of rotatable bonds is 23. The van der Waals surface area contributed by atoms with Crippen molar-refractivity contribution in [1.29, 1.82) is 0 Å². The van der Waals surface area contributed by atoms with Crippen LogP contribution in [0.1, 0.15) is 116 Å². The first-order chi connectivity index (χ1) is 18.2. The number of nitrogen functional groups attached to an aromatic ring is 1. The van der Waals surface area contributed by atoms with Crippen LogP contribution in [0.25, 0.3) is 0 Å². The molecule has 1 aromatic rings. The molecule has 0 radical (unpaired) electrons. The second-order valence-electron chi connectivity index (χ2n) is 10.2. The van der Waals surface area contributed by atoms with E-state index in [1.165, 1.54) is 64.2 Å². The molecule has 0 aliphatic carbocycles. The van der Waals surface area contributed by atoms with E-state index in [9.17, 15) is 15.0 Å². The topological polar surface area (TPSA) is 169 Å². The van der Waals surface area contributed by atoms with Crippen molar-refractivity contribution in [3.05, 3.63) is 23.8 Å². The fraction of sp³-hybridized carbons (Fsp3) is 0.724. The van der Waals surface area contributed by atoms with Crippen LogP contribution >= 0.6 is 0 Å². The first-order valence-electron chi connectivity index (χ1n) is 14.5. The van der Waals surface area contributed by atoms with Gasteiger partial charge < -0.3 is 32.2 Å². The van der Waals surface area contributed by atoms with Crippen LogP contribution in [0.15, 0.2) is 23.2 Å². The number of nitrogens with two attached hydrogens (primary N) is 3. The molecule has 0 heterocycles. The third kappa shape index (κ3) is 13.3. The maximum absolute atomic E-state index is 11.9. The number of carbonyl (C=O) groups is 1. The highest BCUT2D eigenvalue weighted by molar-refractivity contribution is 5.75. The molecule has 0 aromatic heterocycles. The van der Waals surface area contributed by atoms with E-state index < -0.39 is 17.7 Å². The average Bonchev–Trinajstić information content (AvgIpc) is 2.88. The van der Waals surface area contributed by atoms with Crippen molar-refractivity contribution in [2.24, 2.45) is 16.5 Å². The predicted molar refractivity (Wildman–Crippen MR) is 156 cm³/mol. The molecule has 0 spiro atoms. The Balaban J connectivity index is 2.58. The Hall–Kier alpha value is -2.52. The highest BCUT2D eigenvalue weighted by atomic mass is 16.5. The van der Waals surface area contributed by atoms with Gasteiger partial charge in [0.2, 0.25) is 0 Å². The van der Waals surface area contributed by atoms with E-state index in [4.69, 9.17) is 21.9 Å². The summed E-state index contributed by atoms with van der Waals surface area (Å²) in [6.07, 6.45) is 16.0. The summed E-state index contributed by atoms with van der Waals surface area (Å²) >= 11 is 0. The third-order valence-electron chi connectivity index (χ3n) is 6.90. The fourth-order valence-electron chi connectivity index (χ4n) is 4.64. The van der Waals surface area contributed by atoms with Crippen LogP contribution in [0, 0.1) is 0 Å². The van der Waals surface area contributed by atoms with Crippen LogP contribution in [0.5, 0.6) is 5.75 Å². The number of hydrogen-bond acceptors (Lipinski definition) is 6. The molecule has 1 aromatic carbocycles. The van der Waals surface area contributed by atoms with Gasteiger partial charge in [-0.15, -0.1) is 0 Å². The number of carboxylic acid groups (broad SMARTS) is 1. The number of nitrogens with zero attached hydrogens (tertiary/aromatic N) is 1. The van der Waals surface area contributed by atoms with Crippen molar-refractivity contribution >= 4 is 17.6 Å². The van der Waals surface area contributed by atoms with Gasteiger partial charge in [-0.25, -0.2) is 0 Å². The number of nitrogens with one attached hydrogen (secondary N) is 1. The first-order valence-corrected chi connectivity index (χ1v) is 14.5. The third-order valence-corrected chi connectivity index (χ3v) is 6.90. The van der Waals surface area contributed by atoms with Crippen LogP contribution in [0.3, 0.4) is 0 Å². The molecule has 9 nitrogen and oxygen atoms in total. The zero-order valence-corrected chi connectivity index (χ0v) is 23.7. The van der Waals surface area contributed by atoms with E-state index in [0.29, 0.717) is 36.6 Å². The largest absolute Gasteiger partial charge is 0.493 e. The SMILES string of the molecule is CCCCCCCCCCCCCCOc1cccc(N)c1C(O)(CC)N[C@@H](CCCN=C(N)N)C(=O)O. The van der Waals surface area contributed by atoms with Gasteiger partial charge in [0.25, 0.3) is 0 Å². The van der Waals surface area contributed by atoms with Crippen molar-refractivity contribution in [3.8, 4) is 5.75 Å². The molecule has 218 valence electrons. The zero-order chi connectivity index (χ0) is 28.2. The second-order valence-corrected chi connectivity index (χ2v) is 10.2. The Morgan fingerprint density at radius 1 is 0.974 bits per heavy atom. The van der Waals surface area contributed by atoms with Gasteiger partial charge in [0.05, 0.1) is 12.2 Å². The maximum Gasteiger partial charge on any atom is 0.320 e. The molecule has 38 heavy (non-hydrogen) atoms. The zero-order valence-electron chi connectivity index (χ0n) is 23.7. The fourth-order valence-corrected chi connectivity index (χ4v) is 4.64. The van der Waals surface area contributed by atoms with Crippen molar-refractivity contribution < 1.29 is 19.7 Å². The van der Waals surface area contributed by atoms with Crippen LogP contribution in [0.4, 0.5) is 5.69 Å². The second kappa shape index (κ2) is 19.5. The molecule has 0 amide bonds. The van der Waals surface area contributed by atoms with Crippen molar-refractivity contribution in [3.63, 3.8) is 0 Å². The van der Waals surface area contributed by atoms with Gasteiger partial charge >= 0.3 is 5.97 Å². The lowest BCUT2D eigenvalue weighted by molar-refractivity contribution is -0.143. The quantitative estimate of drug-likeness (QED) is 0.0374. The number of carboxylic acids is 1. The van der Waals surface area contributed by atoms with Gasteiger partial charge in [0.1, 0.15) is 17.5 Å². The summed E-state index contributed by atoms with van der Waals surface area (Å²) in [6, 6.07) is 4.21. The minimum absolute atomic E-state index is 0.0399.